The van der Waals surface area contributed by atoms with Crippen molar-refractivity contribution in [3.05, 3.63) is 72.3 Å². The van der Waals surface area contributed by atoms with Gasteiger partial charge in [-0.15, -0.1) is 0 Å². The fourth-order valence-corrected chi connectivity index (χ4v) is 2.59. The summed E-state index contributed by atoms with van der Waals surface area (Å²) in [7, 11) is 1.60. The van der Waals surface area contributed by atoms with Gasteiger partial charge in [0.15, 0.2) is 6.61 Å². The molecule has 0 unspecified atom stereocenters. The average molecular weight is 364 g/mol. The van der Waals surface area contributed by atoms with E-state index >= 15 is 0 Å². The maximum absolute atomic E-state index is 10.6. The first kappa shape index (κ1) is 18.3. The molecule has 0 amide bonds. The molecule has 0 radical (unpaired) electrons. The van der Waals surface area contributed by atoms with Crippen molar-refractivity contribution in [3.63, 3.8) is 0 Å². The van der Waals surface area contributed by atoms with Crippen LogP contribution in [0.4, 0.5) is 5.69 Å². The first-order chi connectivity index (χ1) is 13.2. The van der Waals surface area contributed by atoms with Crippen LogP contribution >= 0.6 is 0 Å². The van der Waals surface area contributed by atoms with Crippen molar-refractivity contribution >= 4 is 11.7 Å². The zero-order valence-corrected chi connectivity index (χ0v) is 14.9. The molecule has 0 bridgehead atoms. The average Bonchev–Trinajstić information content (AvgIpc) is 2.71. The summed E-state index contributed by atoms with van der Waals surface area (Å²) in [4.78, 5) is 15.2. The summed E-state index contributed by atoms with van der Waals surface area (Å²) in [6, 6.07) is 21.0. The predicted octanol–water partition coefficient (Wildman–Crippen LogP) is 3.83. The van der Waals surface area contributed by atoms with Gasteiger partial charge in [-0.3, -0.25) is 0 Å². The Morgan fingerprint density at radius 2 is 1.89 bits per heavy atom. The Balaban J connectivity index is 1.71. The lowest BCUT2D eigenvalue weighted by Gasteiger charge is -2.12. The Hall–Kier alpha value is -3.54. The number of aromatic nitrogens is 1. The van der Waals surface area contributed by atoms with Crippen LogP contribution in [0.3, 0.4) is 0 Å². The number of aliphatic carboxylic acids is 1. The lowest BCUT2D eigenvalue weighted by atomic mass is 10.1. The molecule has 6 heteroatoms. The Morgan fingerprint density at radius 1 is 1.07 bits per heavy atom. The van der Waals surface area contributed by atoms with E-state index in [1.807, 2.05) is 48.5 Å². The summed E-state index contributed by atoms with van der Waals surface area (Å²) >= 11 is 0. The van der Waals surface area contributed by atoms with E-state index in [0.717, 1.165) is 22.5 Å². The molecule has 3 rings (SSSR count). The van der Waals surface area contributed by atoms with Crippen LogP contribution in [0.5, 0.6) is 11.6 Å². The molecule has 27 heavy (non-hydrogen) atoms. The molecule has 1 aromatic heterocycles. The van der Waals surface area contributed by atoms with Crippen molar-refractivity contribution < 1.29 is 19.4 Å². The Labute approximate surface area is 157 Å². The van der Waals surface area contributed by atoms with Gasteiger partial charge in [-0.25, -0.2) is 9.78 Å². The van der Waals surface area contributed by atoms with E-state index in [1.54, 1.807) is 25.3 Å². The van der Waals surface area contributed by atoms with Gasteiger partial charge < -0.3 is 19.9 Å². The fraction of sp³-hybridized carbons (Fsp3) is 0.143. The molecular weight excluding hydrogens is 344 g/mol. The van der Waals surface area contributed by atoms with Crippen LogP contribution in [-0.4, -0.2) is 29.8 Å². The van der Waals surface area contributed by atoms with Crippen LogP contribution in [0, 0.1) is 0 Å². The van der Waals surface area contributed by atoms with Crippen molar-refractivity contribution in [3.8, 4) is 22.9 Å². The van der Waals surface area contributed by atoms with E-state index < -0.39 is 5.97 Å². The number of methoxy groups -OCH3 is 1. The number of benzene rings is 2. The van der Waals surface area contributed by atoms with Gasteiger partial charge in [0.2, 0.25) is 5.88 Å². The second-order valence-electron chi connectivity index (χ2n) is 5.79. The third-order valence-electron chi connectivity index (χ3n) is 3.88. The summed E-state index contributed by atoms with van der Waals surface area (Å²) in [5.41, 5.74) is 3.60. The molecule has 0 fully saturated rings. The third kappa shape index (κ3) is 4.98. The lowest BCUT2D eigenvalue weighted by molar-refractivity contribution is -0.139. The SMILES string of the molecule is COc1nc(-c2ccccc2)ccc1CNc1cccc(OCC(=O)O)c1. The normalized spacial score (nSPS) is 10.3. The molecule has 138 valence electrons. The summed E-state index contributed by atoms with van der Waals surface area (Å²) < 4.78 is 10.6. The number of anilines is 1. The molecule has 0 aliphatic heterocycles. The van der Waals surface area contributed by atoms with Crippen molar-refractivity contribution in [2.75, 3.05) is 19.0 Å². The van der Waals surface area contributed by atoms with Gasteiger partial charge >= 0.3 is 5.97 Å². The van der Waals surface area contributed by atoms with Crippen molar-refractivity contribution in [1.29, 1.82) is 0 Å². The van der Waals surface area contributed by atoms with Gasteiger partial charge in [0.05, 0.1) is 12.8 Å². The van der Waals surface area contributed by atoms with Crippen molar-refractivity contribution in [2.24, 2.45) is 0 Å². The number of ether oxygens (including phenoxy) is 2. The number of rotatable bonds is 8. The number of carboxylic acids is 1. The summed E-state index contributed by atoms with van der Waals surface area (Å²) in [6.45, 7) is 0.135. The molecular formula is C21H20N2O4. The zero-order valence-electron chi connectivity index (χ0n) is 14.9. The molecule has 6 nitrogen and oxygen atoms in total. The highest BCUT2D eigenvalue weighted by molar-refractivity contribution is 5.68. The highest BCUT2D eigenvalue weighted by Gasteiger charge is 2.08. The number of nitrogens with zero attached hydrogens (tertiary/aromatic N) is 1. The Morgan fingerprint density at radius 3 is 2.63 bits per heavy atom. The third-order valence-corrected chi connectivity index (χ3v) is 3.88. The maximum atomic E-state index is 10.6. The Bertz CT molecular complexity index is 913. The van der Waals surface area contributed by atoms with Gasteiger partial charge in [-0.2, -0.15) is 0 Å². The second kappa shape index (κ2) is 8.71. The quantitative estimate of drug-likeness (QED) is 0.632. The van der Waals surface area contributed by atoms with Gasteiger partial charge in [0.1, 0.15) is 5.75 Å². The number of pyridine rings is 1. The van der Waals surface area contributed by atoms with E-state index in [1.165, 1.54) is 0 Å². The minimum atomic E-state index is -1.01. The van der Waals surface area contributed by atoms with E-state index in [-0.39, 0.29) is 6.61 Å². The van der Waals surface area contributed by atoms with Crippen molar-refractivity contribution in [2.45, 2.75) is 6.54 Å². The first-order valence-corrected chi connectivity index (χ1v) is 8.43. The molecule has 0 saturated carbocycles. The van der Waals surface area contributed by atoms with Crippen molar-refractivity contribution in [1.82, 2.24) is 4.98 Å². The lowest BCUT2D eigenvalue weighted by Crippen LogP contribution is -2.09. The fourth-order valence-electron chi connectivity index (χ4n) is 2.59. The monoisotopic (exact) mass is 364 g/mol. The van der Waals surface area contributed by atoms with Gasteiger partial charge in [-0.1, -0.05) is 36.4 Å². The number of carboxylic acid groups (broad SMARTS) is 1. The van der Waals surface area contributed by atoms with Crippen LogP contribution < -0.4 is 14.8 Å². The molecule has 0 aliphatic rings. The maximum Gasteiger partial charge on any atom is 0.341 e. The van der Waals surface area contributed by atoms with Gasteiger partial charge in [-0.05, 0) is 24.3 Å². The number of hydrogen-bond acceptors (Lipinski definition) is 5. The largest absolute Gasteiger partial charge is 0.482 e. The summed E-state index contributed by atoms with van der Waals surface area (Å²) in [6.07, 6.45) is 0. The van der Waals surface area contributed by atoms with Crippen LogP contribution in [0.1, 0.15) is 5.56 Å². The van der Waals surface area contributed by atoms with E-state index in [4.69, 9.17) is 14.6 Å². The van der Waals surface area contributed by atoms with Crippen LogP contribution in [0.25, 0.3) is 11.3 Å². The summed E-state index contributed by atoms with van der Waals surface area (Å²) in [5.74, 6) is 0.0386. The molecule has 2 aromatic carbocycles. The smallest absolute Gasteiger partial charge is 0.341 e. The number of carbonyl (C=O) groups is 1. The minimum Gasteiger partial charge on any atom is -0.482 e. The standard InChI is InChI=1S/C21H20N2O4/c1-26-21-16(10-11-19(23-21)15-6-3-2-4-7-15)13-22-17-8-5-9-18(12-17)27-14-20(24)25/h2-12,22H,13-14H2,1H3,(H,24,25). The van der Waals surface area contributed by atoms with E-state index in [2.05, 4.69) is 10.3 Å². The molecule has 0 saturated heterocycles. The topological polar surface area (TPSA) is 80.7 Å². The predicted molar refractivity (Wildman–Crippen MR) is 103 cm³/mol. The highest BCUT2D eigenvalue weighted by atomic mass is 16.5. The number of nitrogens with one attached hydrogen (secondary N) is 1. The van der Waals surface area contributed by atoms with Crippen LogP contribution in [0.15, 0.2) is 66.7 Å². The number of hydrogen-bond donors (Lipinski definition) is 2. The van der Waals surface area contributed by atoms with E-state index in [9.17, 15) is 4.79 Å². The molecule has 3 aromatic rings. The van der Waals surface area contributed by atoms with E-state index in [0.29, 0.717) is 18.2 Å². The molecule has 0 spiro atoms. The first-order valence-electron chi connectivity index (χ1n) is 8.43. The molecule has 1 heterocycles. The van der Waals surface area contributed by atoms with Gasteiger partial charge in [0, 0.05) is 29.4 Å². The van der Waals surface area contributed by atoms with Gasteiger partial charge in [0.25, 0.3) is 0 Å². The molecule has 0 atom stereocenters. The summed E-state index contributed by atoms with van der Waals surface area (Å²) in [5, 5.41) is 12.0. The van der Waals surface area contributed by atoms with Crippen LogP contribution in [0.2, 0.25) is 0 Å². The molecule has 0 aliphatic carbocycles. The second-order valence-corrected chi connectivity index (χ2v) is 5.79. The van der Waals surface area contributed by atoms with Crippen LogP contribution in [-0.2, 0) is 11.3 Å². The zero-order chi connectivity index (χ0) is 19.1. The Kier molecular flexibility index (Phi) is 5.89. The minimum absolute atomic E-state index is 0.373. The highest BCUT2D eigenvalue weighted by Crippen LogP contribution is 2.24. The molecule has 2 N–H and O–H groups in total.